The number of ether oxygens (including phenoxy) is 1. The van der Waals surface area contributed by atoms with Crippen LogP contribution in [0.1, 0.15) is 36.1 Å². The number of rotatable bonds is 6. The number of piperazine rings is 1. The highest BCUT2D eigenvalue weighted by molar-refractivity contribution is 6.31. The minimum absolute atomic E-state index is 0.0302. The predicted octanol–water partition coefficient (Wildman–Crippen LogP) is 3.34. The third-order valence-corrected chi connectivity index (χ3v) is 9.52. The number of nitrogens with one attached hydrogen (secondary N) is 1. The van der Waals surface area contributed by atoms with Crippen LogP contribution in [0.25, 0.3) is 0 Å². The van der Waals surface area contributed by atoms with Crippen molar-refractivity contribution in [3.05, 3.63) is 52.4 Å². The molecule has 226 valence electrons. The van der Waals surface area contributed by atoms with Gasteiger partial charge in [-0.05, 0) is 43.5 Å². The molecule has 1 aromatic heterocycles. The lowest BCUT2D eigenvalue weighted by molar-refractivity contribution is -0.131. The number of carbonyl (C=O) groups is 2. The van der Waals surface area contributed by atoms with Crippen LogP contribution in [0.5, 0.6) is 6.01 Å². The Balaban J connectivity index is 1.36. The first kappa shape index (κ1) is 29.3. The van der Waals surface area contributed by atoms with Gasteiger partial charge in [-0.2, -0.15) is 15.2 Å². The topological polar surface area (TPSA) is 115 Å². The van der Waals surface area contributed by atoms with Crippen molar-refractivity contribution < 1.29 is 23.1 Å². The van der Waals surface area contributed by atoms with Gasteiger partial charge in [-0.1, -0.05) is 30.3 Å². The molecule has 2 aromatic rings. The lowest BCUT2D eigenvalue weighted by Crippen LogP contribution is -2.56. The molecule has 2 fully saturated rings. The molecule has 1 aromatic carbocycles. The molecule has 1 N–H and O–H groups in total. The Kier molecular flexibility index (Phi) is 7.73. The summed E-state index contributed by atoms with van der Waals surface area (Å²) in [6, 6.07) is 6.99. The molecule has 1 spiro atoms. The summed E-state index contributed by atoms with van der Waals surface area (Å²) in [5.41, 5.74) is 1.99. The smallest absolute Gasteiger partial charge is 0.318 e. The number of likely N-dealkylation sites (N-methyl/N-ethyl adjacent to an activating group) is 1. The van der Waals surface area contributed by atoms with E-state index in [4.69, 9.17) is 21.3 Å². The van der Waals surface area contributed by atoms with Gasteiger partial charge in [0.2, 0.25) is 5.91 Å². The van der Waals surface area contributed by atoms with E-state index in [9.17, 15) is 23.6 Å². The molecular formula is C30H32ClF2N7O3. The Labute approximate surface area is 253 Å². The quantitative estimate of drug-likeness (QED) is 0.495. The molecule has 4 heterocycles. The molecule has 2 amide bonds. The molecule has 2 saturated heterocycles. The van der Waals surface area contributed by atoms with E-state index in [2.05, 4.69) is 22.9 Å². The highest BCUT2D eigenvalue weighted by Crippen LogP contribution is 2.49. The summed E-state index contributed by atoms with van der Waals surface area (Å²) < 4.78 is 33.9. The van der Waals surface area contributed by atoms with E-state index in [0.717, 1.165) is 11.1 Å². The van der Waals surface area contributed by atoms with Crippen LogP contribution in [-0.4, -0.2) is 89.7 Å². The van der Waals surface area contributed by atoms with Gasteiger partial charge in [0.25, 0.3) is 5.91 Å². The second-order valence-electron chi connectivity index (χ2n) is 11.7. The highest BCUT2D eigenvalue weighted by Gasteiger charge is 2.50. The second-order valence-corrected chi connectivity index (χ2v) is 12.1. The summed E-state index contributed by atoms with van der Waals surface area (Å²) in [6.07, 6.45) is 0.900. The Morgan fingerprint density at radius 2 is 2.12 bits per heavy atom. The Morgan fingerprint density at radius 3 is 2.84 bits per heavy atom. The average molecular weight is 612 g/mol. The number of amides is 2. The van der Waals surface area contributed by atoms with Crippen molar-refractivity contribution in [3.8, 4) is 12.1 Å². The van der Waals surface area contributed by atoms with Gasteiger partial charge < -0.3 is 19.9 Å². The number of alkyl halides is 1. The van der Waals surface area contributed by atoms with E-state index in [1.165, 1.54) is 4.90 Å². The van der Waals surface area contributed by atoms with Crippen LogP contribution in [0.2, 0.25) is 5.02 Å². The maximum atomic E-state index is 14.0. The van der Waals surface area contributed by atoms with E-state index < -0.39 is 29.4 Å². The van der Waals surface area contributed by atoms with Gasteiger partial charge >= 0.3 is 6.01 Å². The third-order valence-electron chi connectivity index (χ3n) is 9.17. The Hall–Kier alpha value is -3.82. The number of nitrogens with zero attached hydrogens (tertiary/aromatic N) is 6. The summed E-state index contributed by atoms with van der Waals surface area (Å²) in [5, 5.41) is 13.1. The molecule has 0 radical (unpaired) electrons. The number of benzene rings is 1. The van der Waals surface area contributed by atoms with Crippen molar-refractivity contribution in [2.24, 2.45) is 0 Å². The number of likely N-dealkylation sites (tertiary alicyclic amines) is 1. The summed E-state index contributed by atoms with van der Waals surface area (Å²) in [5.74, 6) is -1.73. The van der Waals surface area contributed by atoms with Crippen molar-refractivity contribution in [3.63, 3.8) is 0 Å². The Bertz CT molecular complexity index is 1530. The summed E-state index contributed by atoms with van der Waals surface area (Å²) in [4.78, 5) is 40.8. The fourth-order valence-electron chi connectivity index (χ4n) is 6.90. The third kappa shape index (κ3) is 5.18. The van der Waals surface area contributed by atoms with Crippen LogP contribution in [0.4, 0.5) is 20.3 Å². The van der Waals surface area contributed by atoms with Gasteiger partial charge in [0.1, 0.15) is 18.5 Å². The van der Waals surface area contributed by atoms with Crippen molar-refractivity contribution in [1.29, 1.82) is 5.26 Å². The van der Waals surface area contributed by atoms with E-state index in [1.54, 1.807) is 0 Å². The highest BCUT2D eigenvalue weighted by atomic mass is 35.5. The summed E-state index contributed by atoms with van der Waals surface area (Å²) >= 11 is 6.50. The van der Waals surface area contributed by atoms with Crippen LogP contribution >= 0.6 is 11.6 Å². The molecule has 0 saturated carbocycles. The molecule has 10 nitrogen and oxygen atoms in total. The van der Waals surface area contributed by atoms with Crippen molar-refractivity contribution >= 4 is 34.9 Å². The van der Waals surface area contributed by atoms with Crippen LogP contribution in [0, 0.1) is 11.3 Å². The molecular weight excluding hydrogens is 580 g/mol. The Morgan fingerprint density at radius 1 is 1.30 bits per heavy atom. The molecule has 43 heavy (non-hydrogen) atoms. The molecule has 13 heteroatoms. The van der Waals surface area contributed by atoms with E-state index in [0.29, 0.717) is 54.4 Å². The zero-order valence-electron chi connectivity index (χ0n) is 23.8. The normalized spacial score (nSPS) is 26.6. The fraction of sp³-hybridized carbons (Fsp3) is 0.500. The van der Waals surface area contributed by atoms with Gasteiger partial charge in [-0.15, -0.1) is 0 Å². The number of carbonyl (C=O) groups excluding carboxylic acids is 2. The zero-order chi connectivity index (χ0) is 30.5. The minimum Gasteiger partial charge on any atom is -0.462 e. The van der Waals surface area contributed by atoms with E-state index in [1.807, 2.05) is 35.0 Å². The maximum absolute atomic E-state index is 14.0. The minimum atomic E-state index is -1.09. The SMILES string of the molecule is C=C(F)C(=O)N1CCN(c2nc(OC[C@@H]3C[C@@H](F)CN3C)nc3c2NC(=O)[C@]2(CCc4c(Cl)cccc42)C3)C[C@@H]1CC#N. The van der Waals surface area contributed by atoms with Crippen molar-refractivity contribution in [2.75, 3.05) is 50.1 Å². The number of aromatic nitrogens is 2. The van der Waals surface area contributed by atoms with E-state index >= 15 is 0 Å². The molecule has 4 atom stereocenters. The largest absolute Gasteiger partial charge is 0.462 e. The number of fused-ring (bicyclic) bond motifs is 3. The zero-order valence-corrected chi connectivity index (χ0v) is 24.5. The first-order valence-corrected chi connectivity index (χ1v) is 14.7. The van der Waals surface area contributed by atoms with Gasteiger partial charge in [0.15, 0.2) is 11.6 Å². The molecule has 0 bridgehead atoms. The monoisotopic (exact) mass is 611 g/mol. The van der Waals surface area contributed by atoms with Gasteiger partial charge in [-0.3, -0.25) is 14.5 Å². The summed E-state index contributed by atoms with van der Waals surface area (Å²) in [6.45, 7) is 4.19. The van der Waals surface area contributed by atoms with Crippen LogP contribution in [0.3, 0.4) is 0 Å². The molecule has 4 aliphatic rings. The van der Waals surface area contributed by atoms with Crippen molar-refractivity contribution in [2.45, 2.75) is 55.8 Å². The average Bonchev–Trinajstić information content (AvgIpc) is 3.51. The molecule has 1 aliphatic carbocycles. The molecule has 3 aliphatic heterocycles. The maximum Gasteiger partial charge on any atom is 0.318 e. The van der Waals surface area contributed by atoms with Crippen LogP contribution in [-0.2, 0) is 27.8 Å². The van der Waals surface area contributed by atoms with Crippen LogP contribution in [0.15, 0.2) is 30.6 Å². The molecule has 6 rings (SSSR count). The van der Waals surface area contributed by atoms with Crippen LogP contribution < -0.4 is 15.0 Å². The number of hydrogen-bond donors (Lipinski definition) is 1. The second kappa shape index (κ2) is 11.4. The standard InChI is InChI=1S/C30H32ClF2N7O3/c1-17(32)27(41)40-11-10-39(15-19(40)7-9-34)26-25-24(35-29(37-26)43-16-20-12-18(33)14-38(20)2)13-30(28(42)36-25)8-6-21-22(30)4-3-5-23(21)31/h3-5,18-20H,1,6-8,10-16H2,2H3,(H,36,42)/t18-,19+,20+,30-/m1/s1. The summed E-state index contributed by atoms with van der Waals surface area (Å²) in [7, 11) is 1.84. The number of halogens is 3. The number of anilines is 2. The lowest BCUT2D eigenvalue weighted by atomic mass is 9.74. The first-order chi connectivity index (χ1) is 20.6. The lowest BCUT2D eigenvalue weighted by Gasteiger charge is -2.42. The molecule has 0 unspecified atom stereocenters. The van der Waals surface area contributed by atoms with Gasteiger partial charge in [-0.25, -0.2) is 8.78 Å². The number of hydrogen-bond acceptors (Lipinski definition) is 8. The first-order valence-electron chi connectivity index (χ1n) is 14.4. The fourth-order valence-corrected chi connectivity index (χ4v) is 7.17. The van der Waals surface area contributed by atoms with Crippen molar-refractivity contribution in [1.82, 2.24) is 19.8 Å². The number of nitriles is 1. The van der Waals surface area contributed by atoms with Gasteiger partial charge in [0.05, 0.1) is 29.6 Å². The van der Waals surface area contributed by atoms with Gasteiger partial charge in [0, 0.05) is 43.7 Å². The van der Waals surface area contributed by atoms with E-state index in [-0.39, 0.29) is 50.6 Å². The predicted molar refractivity (Wildman–Crippen MR) is 155 cm³/mol.